The molecule has 1 unspecified atom stereocenters. The fourth-order valence-corrected chi connectivity index (χ4v) is 4.55. The maximum Gasteiger partial charge on any atom is 0.328 e. The number of aromatic hydroxyl groups is 1. The van der Waals surface area contributed by atoms with Crippen LogP contribution in [0, 0.1) is 0 Å². The van der Waals surface area contributed by atoms with Gasteiger partial charge in [-0.05, 0) is 94.4 Å². The van der Waals surface area contributed by atoms with Crippen molar-refractivity contribution in [3.05, 3.63) is 50.4 Å². The van der Waals surface area contributed by atoms with E-state index in [1.54, 1.807) is 13.0 Å². The van der Waals surface area contributed by atoms with Crippen LogP contribution in [-0.2, 0) is 15.7 Å². The van der Waals surface area contributed by atoms with Crippen LogP contribution in [0.25, 0.3) is 0 Å². The first-order valence-electron chi connectivity index (χ1n) is 9.87. The number of esters is 1. The molecule has 2 rings (SSSR count). The van der Waals surface area contributed by atoms with Gasteiger partial charge in [-0.2, -0.15) is 0 Å². The van der Waals surface area contributed by atoms with Crippen molar-refractivity contribution in [2.45, 2.75) is 39.9 Å². The van der Waals surface area contributed by atoms with E-state index in [9.17, 15) is 14.7 Å². The second-order valence-electron chi connectivity index (χ2n) is 6.15. The highest BCUT2D eigenvalue weighted by atomic mass is 79.9. The van der Waals surface area contributed by atoms with Crippen LogP contribution in [0.15, 0.2) is 39.3 Å². The lowest BCUT2D eigenvalue weighted by Crippen LogP contribution is -2.39. The van der Waals surface area contributed by atoms with Gasteiger partial charge in [0.25, 0.3) is 5.91 Å². The van der Waals surface area contributed by atoms with Crippen molar-refractivity contribution in [3.63, 3.8) is 0 Å². The number of benzene rings is 2. The fourth-order valence-electron chi connectivity index (χ4n) is 2.50. The molecule has 2 N–H and O–H groups in total. The first-order chi connectivity index (χ1) is 14.8. The SMILES string of the molecule is CC.CCOC(=O)[C@H](C)NC(=O)c1cc(Oc2c(Br)cc(CPC)cc2Br)ccc1O. The Balaban J connectivity index is 0.00000233. The molecule has 9 heteroatoms. The Morgan fingerprint density at radius 2 is 1.77 bits per heavy atom. The molecule has 0 aliphatic heterocycles. The van der Waals surface area contributed by atoms with Crippen molar-refractivity contribution < 1.29 is 24.2 Å². The number of phenols is 1. The zero-order valence-corrected chi connectivity index (χ0v) is 22.4. The molecule has 0 saturated heterocycles. The topological polar surface area (TPSA) is 84.9 Å². The molecule has 1 amide bonds. The van der Waals surface area contributed by atoms with Gasteiger partial charge in [0.2, 0.25) is 0 Å². The van der Waals surface area contributed by atoms with Gasteiger partial charge in [0.15, 0.2) is 5.75 Å². The molecule has 2 atom stereocenters. The van der Waals surface area contributed by atoms with Crippen LogP contribution in [0.1, 0.15) is 43.6 Å². The van der Waals surface area contributed by atoms with Crippen molar-refractivity contribution in [3.8, 4) is 17.2 Å². The Bertz CT molecular complexity index is 884. The number of hydrogen-bond donors (Lipinski definition) is 2. The monoisotopic (exact) mass is 575 g/mol. The van der Waals surface area contributed by atoms with Crippen LogP contribution in [0.2, 0.25) is 0 Å². The highest BCUT2D eigenvalue weighted by Gasteiger charge is 2.20. The minimum absolute atomic E-state index is 0.00491. The number of carbonyl (C=O) groups excluding carboxylic acids is 2. The van der Waals surface area contributed by atoms with E-state index in [0.29, 0.717) is 11.5 Å². The number of hydrogen-bond acceptors (Lipinski definition) is 5. The van der Waals surface area contributed by atoms with Crippen LogP contribution in [-0.4, -0.2) is 36.3 Å². The summed E-state index contributed by atoms with van der Waals surface area (Å²) in [6, 6.07) is 7.48. The smallest absolute Gasteiger partial charge is 0.328 e. The number of ether oxygens (including phenoxy) is 2. The van der Waals surface area contributed by atoms with Crippen molar-refractivity contribution >= 4 is 52.3 Å². The van der Waals surface area contributed by atoms with Gasteiger partial charge in [0.1, 0.15) is 17.5 Å². The average molecular weight is 577 g/mol. The lowest BCUT2D eigenvalue weighted by molar-refractivity contribution is -0.144. The van der Waals surface area contributed by atoms with Crippen LogP contribution in [0.4, 0.5) is 0 Å². The van der Waals surface area contributed by atoms with E-state index in [1.807, 2.05) is 26.0 Å². The summed E-state index contributed by atoms with van der Waals surface area (Å²) in [7, 11) is 0.800. The summed E-state index contributed by atoms with van der Waals surface area (Å²) >= 11 is 7.04. The van der Waals surface area contributed by atoms with Gasteiger partial charge in [-0.25, -0.2) is 4.79 Å². The van der Waals surface area contributed by atoms with Crippen LogP contribution >= 0.6 is 40.4 Å². The summed E-state index contributed by atoms with van der Waals surface area (Å²) in [6.07, 6.45) is 0.972. The Hall–Kier alpha value is -1.63. The minimum Gasteiger partial charge on any atom is -0.507 e. The molecule has 2 aromatic carbocycles. The Labute approximate surface area is 202 Å². The Morgan fingerprint density at radius 3 is 2.32 bits per heavy atom. The lowest BCUT2D eigenvalue weighted by Gasteiger charge is -2.15. The van der Waals surface area contributed by atoms with Gasteiger partial charge >= 0.3 is 5.97 Å². The van der Waals surface area contributed by atoms with E-state index in [-0.39, 0.29) is 17.9 Å². The highest BCUT2D eigenvalue weighted by molar-refractivity contribution is 9.11. The van der Waals surface area contributed by atoms with E-state index in [1.165, 1.54) is 24.6 Å². The predicted molar refractivity (Wildman–Crippen MR) is 133 cm³/mol. The summed E-state index contributed by atoms with van der Waals surface area (Å²) in [5.41, 5.74) is 1.17. The van der Waals surface area contributed by atoms with Gasteiger partial charge in [0, 0.05) is 0 Å². The normalized spacial score (nSPS) is 11.5. The summed E-state index contributed by atoms with van der Waals surface area (Å²) < 4.78 is 12.4. The number of halogens is 2. The molecule has 0 heterocycles. The lowest BCUT2D eigenvalue weighted by atomic mass is 10.1. The Kier molecular flexibility index (Phi) is 12.1. The maximum absolute atomic E-state index is 12.5. The zero-order chi connectivity index (χ0) is 23.6. The van der Waals surface area contributed by atoms with E-state index in [0.717, 1.165) is 23.7 Å². The molecule has 0 radical (unpaired) electrons. The molecule has 0 aromatic heterocycles. The number of carbonyl (C=O) groups is 2. The molecule has 2 aromatic rings. The maximum atomic E-state index is 12.5. The molecule has 0 bridgehead atoms. The van der Waals surface area contributed by atoms with Gasteiger partial charge in [0.05, 0.1) is 21.1 Å². The van der Waals surface area contributed by atoms with Crippen molar-refractivity contribution in [1.29, 1.82) is 0 Å². The number of nitrogens with one attached hydrogen (secondary N) is 1. The first-order valence-corrected chi connectivity index (χ1v) is 13.2. The first kappa shape index (κ1) is 27.4. The third kappa shape index (κ3) is 8.09. The van der Waals surface area contributed by atoms with Crippen molar-refractivity contribution in [2.75, 3.05) is 13.3 Å². The standard InChI is InChI=1S/C20H22Br2NO5P.C2H6/c1-4-27-20(26)11(2)23-19(25)14-9-13(5-6-17(14)24)28-18-15(21)7-12(10-29-3)8-16(18)22;1-2/h5-9,11,24,29H,4,10H2,1-3H3,(H,23,25);1-2H3/t11-;/m0./s1. The van der Waals surface area contributed by atoms with E-state index in [2.05, 4.69) is 43.8 Å². The molecule has 0 saturated carbocycles. The number of amides is 1. The molecule has 170 valence electrons. The summed E-state index contributed by atoms with van der Waals surface area (Å²) in [5.74, 6) is -0.448. The molecule has 0 aliphatic rings. The van der Waals surface area contributed by atoms with Crippen LogP contribution in [0.5, 0.6) is 17.2 Å². The van der Waals surface area contributed by atoms with Crippen LogP contribution in [0.3, 0.4) is 0 Å². The highest BCUT2D eigenvalue weighted by Crippen LogP contribution is 2.39. The quantitative estimate of drug-likeness (QED) is 0.288. The number of phenolic OH excluding ortho intramolecular Hbond substituents is 1. The molecule has 0 fully saturated rings. The zero-order valence-electron chi connectivity index (χ0n) is 18.2. The van der Waals surface area contributed by atoms with Gasteiger partial charge in [-0.3, -0.25) is 4.79 Å². The van der Waals surface area contributed by atoms with Gasteiger partial charge in [-0.15, -0.1) is 8.58 Å². The fraction of sp³-hybridized carbons (Fsp3) is 0.364. The minimum atomic E-state index is -0.846. The van der Waals surface area contributed by atoms with E-state index < -0.39 is 17.9 Å². The van der Waals surface area contributed by atoms with Gasteiger partial charge < -0.3 is 19.9 Å². The second-order valence-corrected chi connectivity index (χ2v) is 8.92. The van der Waals surface area contributed by atoms with Gasteiger partial charge in [-0.1, -0.05) is 13.8 Å². The molecule has 6 nitrogen and oxygen atoms in total. The third-order valence-electron chi connectivity index (χ3n) is 3.86. The summed E-state index contributed by atoms with van der Waals surface area (Å²) in [6.45, 7) is 9.55. The van der Waals surface area contributed by atoms with Crippen molar-refractivity contribution in [1.82, 2.24) is 5.32 Å². The van der Waals surface area contributed by atoms with E-state index >= 15 is 0 Å². The third-order valence-corrected chi connectivity index (χ3v) is 5.80. The summed E-state index contributed by atoms with van der Waals surface area (Å²) in [5, 5.41) is 12.6. The number of rotatable bonds is 8. The molecule has 0 spiro atoms. The van der Waals surface area contributed by atoms with Crippen molar-refractivity contribution in [2.24, 2.45) is 0 Å². The van der Waals surface area contributed by atoms with E-state index in [4.69, 9.17) is 9.47 Å². The molecule has 0 aliphatic carbocycles. The second kappa shape index (κ2) is 13.7. The summed E-state index contributed by atoms with van der Waals surface area (Å²) in [4.78, 5) is 24.2. The molecule has 31 heavy (non-hydrogen) atoms. The largest absolute Gasteiger partial charge is 0.507 e. The average Bonchev–Trinajstić information content (AvgIpc) is 2.73. The Morgan fingerprint density at radius 1 is 1.16 bits per heavy atom. The molecular formula is C22H28Br2NO5P. The predicted octanol–water partition coefficient (Wildman–Crippen LogP) is 6.23. The van der Waals surface area contributed by atoms with Crippen LogP contribution < -0.4 is 10.1 Å². The molecular weight excluding hydrogens is 549 g/mol.